The molecule has 0 heterocycles. The standard InChI is InChI=1S/C18H30O2/c1-2-3-4-5-6-7-8-9-10-11-12-13-14-15-16-17-18(19)20/h6-7,9-10,13-14H,2-5,8,11-12,15-17H2,1H3,(H,19,20)/b7-6-,10-9-,14-13+. The average Bonchev–Trinajstić information content (AvgIpc) is 2.43. The first-order valence-corrected chi connectivity index (χ1v) is 7.94. The highest BCUT2D eigenvalue weighted by molar-refractivity contribution is 5.66. The molecule has 0 rings (SSSR count). The van der Waals surface area contributed by atoms with Gasteiger partial charge in [-0.25, -0.2) is 0 Å². The molecule has 0 aliphatic heterocycles. The van der Waals surface area contributed by atoms with Crippen LogP contribution in [0.2, 0.25) is 0 Å². The summed E-state index contributed by atoms with van der Waals surface area (Å²) in [6.07, 6.45) is 23.4. The van der Waals surface area contributed by atoms with Crippen molar-refractivity contribution in [2.24, 2.45) is 0 Å². The van der Waals surface area contributed by atoms with Crippen LogP contribution in [0.1, 0.15) is 71.1 Å². The molecule has 0 atom stereocenters. The monoisotopic (exact) mass is 278 g/mol. The number of carbonyl (C=O) groups is 1. The molecule has 20 heavy (non-hydrogen) atoms. The lowest BCUT2D eigenvalue weighted by atomic mass is 10.2. The lowest BCUT2D eigenvalue weighted by molar-refractivity contribution is -0.137. The Morgan fingerprint density at radius 1 is 0.800 bits per heavy atom. The molecular weight excluding hydrogens is 248 g/mol. The van der Waals surface area contributed by atoms with Crippen molar-refractivity contribution in [1.29, 1.82) is 0 Å². The number of hydrogen-bond acceptors (Lipinski definition) is 1. The Hall–Kier alpha value is -1.31. The van der Waals surface area contributed by atoms with Crippen LogP contribution in [0.3, 0.4) is 0 Å². The molecule has 0 fully saturated rings. The van der Waals surface area contributed by atoms with E-state index in [-0.39, 0.29) is 6.42 Å². The van der Waals surface area contributed by atoms with E-state index in [4.69, 9.17) is 5.11 Å². The number of carboxylic acids is 1. The minimum Gasteiger partial charge on any atom is -0.481 e. The van der Waals surface area contributed by atoms with Gasteiger partial charge in [-0.2, -0.15) is 0 Å². The highest BCUT2D eigenvalue weighted by Crippen LogP contribution is 2.02. The molecule has 0 spiro atoms. The Kier molecular flexibility index (Phi) is 14.7. The Balaban J connectivity index is 3.30. The molecule has 0 aromatic carbocycles. The fourth-order valence-electron chi connectivity index (χ4n) is 1.82. The summed E-state index contributed by atoms with van der Waals surface area (Å²) in [7, 11) is 0. The van der Waals surface area contributed by atoms with Crippen molar-refractivity contribution < 1.29 is 9.90 Å². The lowest BCUT2D eigenvalue weighted by Crippen LogP contribution is -1.92. The zero-order valence-corrected chi connectivity index (χ0v) is 12.9. The Labute approximate surface area is 124 Å². The van der Waals surface area contributed by atoms with Crippen LogP contribution < -0.4 is 0 Å². The molecular formula is C18H30O2. The van der Waals surface area contributed by atoms with Gasteiger partial charge in [0.1, 0.15) is 0 Å². The van der Waals surface area contributed by atoms with Gasteiger partial charge in [0.05, 0.1) is 0 Å². The van der Waals surface area contributed by atoms with Crippen LogP contribution in [-0.4, -0.2) is 11.1 Å². The first kappa shape index (κ1) is 18.7. The van der Waals surface area contributed by atoms with E-state index < -0.39 is 5.97 Å². The smallest absolute Gasteiger partial charge is 0.303 e. The molecule has 2 nitrogen and oxygen atoms in total. The number of unbranched alkanes of at least 4 members (excludes halogenated alkanes) is 5. The van der Waals surface area contributed by atoms with Gasteiger partial charge >= 0.3 is 5.97 Å². The van der Waals surface area contributed by atoms with Crippen LogP contribution >= 0.6 is 0 Å². The number of carboxylic acid groups (broad SMARTS) is 1. The normalized spacial score (nSPS) is 12.1. The highest BCUT2D eigenvalue weighted by Gasteiger charge is 1.92. The Bertz CT molecular complexity index is 301. The summed E-state index contributed by atoms with van der Waals surface area (Å²) in [4.78, 5) is 10.3. The van der Waals surface area contributed by atoms with Gasteiger partial charge in [-0.15, -0.1) is 0 Å². The summed E-state index contributed by atoms with van der Waals surface area (Å²) in [5.41, 5.74) is 0. The second-order valence-corrected chi connectivity index (χ2v) is 5.01. The Morgan fingerprint density at radius 3 is 2.00 bits per heavy atom. The SMILES string of the molecule is CCCCC/C=C\C/C=C\CC/C=C/CCCC(=O)O. The van der Waals surface area contributed by atoms with Crippen LogP contribution in [-0.2, 0) is 4.79 Å². The molecule has 0 saturated heterocycles. The number of hydrogen-bond donors (Lipinski definition) is 1. The second-order valence-electron chi connectivity index (χ2n) is 5.01. The Morgan fingerprint density at radius 2 is 1.35 bits per heavy atom. The summed E-state index contributed by atoms with van der Waals surface area (Å²) in [6.45, 7) is 2.23. The minimum atomic E-state index is -0.705. The molecule has 0 amide bonds. The van der Waals surface area contributed by atoms with Crippen molar-refractivity contribution in [3.63, 3.8) is 0 Å². The molecule has 0 aromatic rings. The summed E-state index contributed by atoms with van der Waals surface area (Å²) in [5.74, 6) is -0.705. The first-order valence-electron chi connectivity index (χ1n) is 7.94. The average molecular weight is 278 g/mol. The topological polar surface area (TPSA) is 37.3 Å². The van der Waals surface area contributed by atoms with E-state index in [9.17, 15) is 4.79 Å². The second kappa shape index (κ2) is 15.7. The molecule has 0 unspecified atom stereocenters. The van der Waals surface area contributed by atoms with Crippen molar-refractivity contribution >= 4 is 5.97 Å². The van der Waals surface area contributed by atoms with Crippen molar-refractivity contribution in [2.75, 3.05) is 0 Å². The fraction of sp³-hybridized carbons (Fsp3) is 0.611. The molecule has 0 bridgehead atoms. The third kappa shape index (κ3) is 16.7. The molecule has 1 N–H and O–H groups in total. The van der Waals surface area contributed by atoms with Gasteiger partial charge in [0.25, 0.3) is 0 Å². The van der Waals surface area contributed by atoms with Gasteiger partial charge in [-0.1, -0.05) is 56.2 Å². The van der Waals surface area contributed by atoms with Gasteiger partial charge in [-0.05, 0) is 44.9 Å². The zero-order chi connectivity index (χ0) is 14.9. The number of allylic oxidation sites excluding steroid dienone is 6. The first-order chi connectivity index (χ1) is 9.77. The van der Waals surface area contributed by atoms with Gasteiger partial charge in [-0.3, -0.25) is 4.79 Å². The molecule has 0 aliphatic rings. The maximum Gasteiger partial charge on any atom is 0.303 e. The van der Waals surface area contributed by atoms with Crippen molar-refractivity contribution in [2.45, 2.75) is 71.1 Å². The highest BCUT2D eigenvalue weighted by atomic mass is 16.4. The predicted octanol–water partition coefficient (Wildman–Crippen LogP) is 5.66. The summed E-state index contributed by atoms with van der Waals surface area (Å²) < 4.78 is 0. The predicted molar refractivity (Wildman–Crippen MR) is 86.9 cm³/mol. The zero-order valence-electron chi connectivity index (χ0n) is 12.9. The minimum absolute atomic E-state index is 0.273. The van der Waals surface area contributed by atoms with Gasteiger partial charge < -0.3 is 5.11 Å². The van der Waals surface area contributed by atoms with Crippen molar-refractivity contribution in [3.05, 3.63) is 36.5 Å². The molecule has 114 valence electrons. The van der Waals surface area contributed by atoms with E-state index in [1.54, 1.807) is 0 Å². The third-order valence-electron chi connectivity index (χ3n) is 3.01. The van der Waals surface area contributed by atoms with E-state index in [1.807, 2.05) is 0 Å². The quantitative estimate of drug-likeness (QED) is 0.348. The molecule has 2 heteroatoms. The van der Waals surface area contributed by atoms with Crippen molar-refractivity contribution in [3.8, 4) is 0 Å². The summed E-state index contributed by atoms with van der Waals surface area (Å²) in [5, 5.41) is 8.48. The maximum absolute atomic E-state index is 10.3. The largest absolute Gasteiger partial charge is 0.481 e. The van der Waals surface area contributed by atoms with E-state index >= 15 is 0 Å². The maximum atomic E-state index is 10.3. The van der Waals surface area contributed by atoms with Crippen molar-refractivity contribution in [1.82, 2.24) is 0 Å². The molecule has 0 saturated carbocycles. The molecule has 0 aliphatic carbocycles. The molecule has 0 aromatic heterocycles. The fourth-order valence-corrected chi connectivity index (χ4v) is 1.82. The lowest BCUT2D eigenvalue weighted by Gasteiger charge is -1.91. The van der Waals surface area contributed by atoms with Crippen LogP contribution in [0.4, 0.5) is 0 Å². The van der Waals surface area contributed by atoms with Gasteiger partial charge in [0.15, 0.2) is 0 Å². The van der Waals surface area contributed by atoms with E-state index in [0.717, 1.165) is 32.1 Å². The summed E-state index contributed by atoms with van der Waals surface area (Å²) >= 11 is 0. The van der Waals surface area contributed by atoms with E-state index in [0.29, 0.717) is 0 Å². The van der Waals surface area contributed by atoms with Crippen LogP contribution in [0.15, 0.2) is 36.5 Å². The van der Waals surface area contributed by atoms with E-state index in [1.165, 1.54) is 25.7 Å². The van der Waals surface area contributed by atoms with Crippen LogP contribution in [0, 0.1) is 0 Å². The van der Waals surface area contributed by atoms with Gasteiger partial charge in [0.2, 0.25) is 0 Å². The van der Waals surface area contributed by atoms with Gasteiger partial charge in [0, 0.05) is 6.42 Å². The summed E-state index contributed by atoms with van der Waals surface area (Å²) in [6, 6.07) is 0. The number of aliphatic carboxylic acids is 1. The number of rotatable bonds is 13. The van der Waals surface area contributed by atoms with Crippen LogP contribution in [0.25, 0.3) is 0 Å². The third-order valence-corrected chi connectivity index (χ3v) is 3.01. The van der Waals surface area contributed by atoms with E-state index in [2.05, 4.69) is 43.4 Å². The van der Waals surface area contributed by atoms with Crippen LogP contribution in [0.5, 0.6) is 0 Å². The molecule has 0 radical (unpaired) electrons.